The maximum atomic E-state index is 12.4. The fourth-order valence-electron chi connectivity index (χ4n) is 2.72. The Labute approximate surface area is 185 Å². The molecule has 0 aliphatic carbocycles. The molecule has 0 saturated heterocycles. The summed E-state index contributed by atoms with van der Waals surface area (Å²) >= 11 is 1.40. The Hall–Kier alpha value is -4.06. The molecule has 0 saturated carbocycles. The summed E-state index contributed by atoms with van der Waals surface area (Å²) < 4.78 is 10.8. The van der Waals surface area contributed by atoms with E-state index < -0.39 is 16.5 Å². The number of carbonyl (C=O) groups excluding carboxylic acids is 1. The van der Waals surface area contributed by atoms with E-state index in [1.54, 1.807) is 19.9 Å². The molecule has 1 aromatic carbocycles. The number of aromatic nitrogens is 2. The van der Waals surface area contributed by atoms with E-state index in [1.165, 1.54) is 35.8 Å². The first-order valence-corrected chi connectivity index (χ1v) is 10.4. The summed E-state index contributed by atoms with van der Waals surface area (Å²) in [6.45, 7) is 4.02. The Kier molecular flexibility index (Phi) is 7.29. The third-order valence-electron chi connectivity index (χ3n) is 4.02. The van der Waals surface area contributed by atoms with E-state index >= 15 is 0 Å². The molecule has 0 fully saturated rings. The maximum Gasteiger partial charge on any atom is 0.346 e. The Morgan fingerprint density at radius 3 is 2.69 bits per heavy atom. The highest BCUT2D eigenvalue weighted by atomic mass is 32.1. The number of amides is 1. The maximum absolute atomic E-state index is 12.4. The summed E-state index contributed by atoms with van der Waals surface area (Å²) in [5, 5.41) is 17.1. The molecular weight excluding hydrogens is 438 g/mol. The number of nitrogens with one attached hydrogen (secondary N) is 2. The van der Waals surface area contributed by atoms with Gasteiger partial charge in [-0.25, -0.2) is 10.2 Å². The van der Waals surface area contributed by atoms with Gasteiger partial charge in [-0.15, -0.1) is 11.3 Å². The second-order valence-electron chi connectivity index (χ2n) is 6.14. The fraction of sp³-hybridized carbons (Fsp3) is 0.200. The van der Waals surface area contributed by atoms with Crippen LogP contribution in [0.5, 0.6) is 11.5 Å². The van der Waals surface area contributed by atoms with Crippen LogP contribution >= 0.6 is 11.3 Å². The Bertz CT molecular complexity index is 1210. The monoisotopic (exact) mass is 457 g/mol. The zero-order valence-electron chi connectivity index (χ0n) is 17.2. The summed E-state index contributed by atoms with van der Waals surface area (Å²) in [5.41, 5.74) is 1.92. The van der Waals surface area contributed by atoms with E-state index in [9.17, 15) is 19.7 Å². The first-order valence-electron chi connectivity index (χ1n) is 9.49. The average molecular weight is 457 g/mol. The number of hydrazone groups is 1. The summed E-state index contributed by atoms with van der Waals surface area (Å²) in [6.07, 6.45) is 1.21. The van der Waals surface area contributed by atoms with Gasteiger partial charge in [0.05, 0.1) is 34.9 Å². The number of H-pyrrole nitrogens is 1. The molecule has 0 aliphatic rings. The van der Waals surface area contributed by atoms with Crippen molar-refractivity contribution in [2.24, 2.45) is 5.10 Å². The molecule has 166 valence electrons. The minimum Gasteiger partial charge on any atom is -0.493 e. The van der Waals surface area contributed by atoms with Crippen LogP contribution in [0.2, 0.25) is 0 Å². The highest BCUT2D eigenvalue weighted by molar-refractivity contribution is 7.13. The summed E-state index contributed by atoms with van der Waals surface area (Å²) in [6, 6.07) is 7.69. The number of nitrogens with zero attached hydrogens (tertiary/aromatic N) is 3. The minimum atomic E-state index is -0.719. The molecule has 0 atom stereocenters. The lowest BCUT2D eigenvalue weighted by Crippen LogP contribution is -2.24. The van der Waals surface area contributed by atoms with Crippen molar-refractivity contribution in [1.82, 2.24) is 15.4 Å². The molecule has 0 radical (unpaired) electrons. The molecule has 2 heterocycles. The van der Waals surface area contributed by atoms with Gasteiger partial charge in [0, 0.05) is 17.7 Å². The van der Waals surface area contributed by atoms with Crippen molar-refractivity contribution < 1.29 is 19.2 Å². The molecule has 2 N–H and O–H groups in total. The lowest BCUT2D eigenvalue weighted by atomic mass is 10.1. The minimum absolute atomic E-state index is 0.0657. The van der Waals surface area contributed by atoms with E-state index in [1.807, 2.05) is 11.4 Å². The highest BCUT2D eigenvalue weighted by Gasteiger charge is 2.20. The van der Waals surface area contributed by atoms with Crippen molar-refractivity contribution in [3.05, 3.63) is 67.6 Å². The van der Waals surface area contributed by atoms with Crippen LogP contribution in [0.4, 0.5) is 5.69 Å². The number of nitro groups is 1. The van der Waals surface area contributed by atoms with Gasteiger partial charge in [0.1, 0.15) is 11.4 Å². The number of benzene rings is 1. The molecule has 3 aromatic rings. The van der Waals surface area contributed by atoms with Crippen LogP contribution in [0.3, 0.4) is 0 Å². The zero-order valence-corrected chi connectivity index (χ0v) is 18.0. The van der Waals surface area contributed by atoms with Crippen molar-refractivity contribution in [3.8, 4) is 22.1 Å². The molecule has 1 amide bonds. The SMILES string of the molecule is CCOc1cc(OCC)c([N+](=O)[O-])cc1/C=N/NC(=O)c1cc(-c2cccs2)[nH]c(=O)n1. The van der Waals surface area contributed by atoms with Gasteiger partial charge in [-0.2, -0.15) is 10.1 Å². The van der Waals surface area contributed by atoms with Crippen molar-refractivity contribution in [1.29, 1.82) is 0 Å². The molecule has 11 nitrogen and oxygen atoms in total. The smallest absolute Gasteiger partial charge is 0.346 e. The standard InChI is InChI=1S/C20H19N5O6S/c1-3-30-16-10-17(31-4-2)15(25(28)29)8-12(16)11-21-24-19(26)14-9-13(22-20(27)23-14)18-6-5-7-32-18/h5-11H,3-4H2,1-2H3,(H,24,26)(H,22,23,27)/b21-11+. The number of rotatable bonds is 9. The summed E-state index contributed by atoms with van der Waals surface area (Å²) in [5.74, 6) is -0.353. The fourth-order valence-corrected chi connectivity index (χ4v) is 3.42. The number of ether oxygens (including phenoxy) is 2. The summed E-state index contributed by atoms with van der Waals surface area (Å²) in [7, 11) is 0. The zero-order chi connectivity index (χ0) is 23.1. The lowest BCUT2D eigenvalue weighted by molar-refractivity contribution is -0.385. The quantitative estimate of drug-likeness (QED) is 0.285. The van der Waals surface area contributed by atoms with Gasteiger partial charge in [-0.3, -0.25) is 14.9 Å². The number of nitro benzene ring substituents is 1. The first-order chi connectivity index (χ1) is 15.4. The predicted octanol–water partition coefficient (Wildman–Crippen LogP) is 2.97. The molecule has 0 unspecified atom stereocenters. The van der Waals surface area contributed by atoms with Gasteiger partial charge in [0.2, 0.25) is 5.75 Å². The Balaban J connectivity index is 1.85. The lowest BCUT2D eigenvalue weighted by Gasteiger charge is -2.10. The number of thiophene rings is 1. The molecule has 12 heteroatoms. The number of aromatic amines is 1. The van der Waals surface area contributed by atoms with E-state index in [2.05, 4.69) is 20.5 Å². The Morgan fingerprint density at radius 1 is 1.28 bits per heavy atom. The highest BCUT2D eigenvalue weighted by Crippen LogP contribution is 2.34. The third-order valence-corrected chi connectivity index (χ3v) is 4.92. The molecular formula is C20H19N5O6S. The first kappa shape index (κ1) is 22.6. The van der Waals surface area contributed by atoms with Gasteiger partial charge in [-0.05, 0) is 31.4 Å². The van der Waals surface area contributed by atoms with Crippen LogP contribution < -0.4 is 20.6 Å². The van der Waals surface area contributed by atoms with Crippen molar-refractivity contribution in [2.45, 2.75) is 13.8 Å². The number of carbonyl (C=O) groups is 1. The second-order valence-corrected chi connectivity index (χ2v) is 7.09. The van der Waals surface area contributed by atoms with E-state index in [0.717, 1.165) is 4.88 Å². The van der Waals surface area contributed by atoms with Gasteiger partial charge in [-0.1, -0.05) is 6.07 Å². The van der Waals surface area contributed by atoms with Crippen molar-refractivity contribution in [2.75, 3.05) is 13.2 Å². The van der Waals surface area contributed by atoms with Crippen LogP contribution in [-0.2, 0) is 0 Å². The van der Waals surface area contributed by atoms with E-state index in [-0.39, 0.29) is 29.3 Å². The van der Waals surface area contributed by atoms with Gasteiger partial charge < -0.3 is 14.5 Å². The average Bonchev–Trinajstić information content (AvgIpc) is 3.30. The summed E-state index contributed by atoms with van der Waals surface area (Å²) in [4.78, 5) is 42.1. The van der Waals surface area contributed by atoms with Crippen molar-refractivity contribution in [3.63, 3.8) is 0 Å². The molecule has 0 aliphatic heterocycles. The van der Waals surface area contributed by atoms with Crippen LogP contribution in [0.1, 0.15) is 29.9 Å². The largest absolute Gasteiger partial charge is 0.493 e. The van der Waals surface area contributed by atoms with Gasteiger partial charge in [0.25, 0.3) is 5.91 Å². The molecule has 3 rings (SSSR count). The van der Waals surface area contributed by atoms with Crippen LogP contribution in [0.25, 0.3) is 10.6 Å². The second kappa shape index (κ2) is 10.3. The van der Waals surface area contributed by atoms with Gasteiger partial charge in [0.15, 0.2) is 0 Å². The number of hydrogen-bond acceptors (Lipinski definition) is 9. The van der Waals surface area contributed by atoms with E-state index in [4.69, 9.17) is 9.47 Å². The molecule has 0 bridgehead atoms. The molecule has 2 aromatic heterocycles. The van der Waals surface area contributed by atoms with Crippen LogP contribution in [0, 0.1) is 10.1 Å². The normalized spacial score (nSPS) is 10.8. The van der Waals surface area contributed by atoms with Gasteiger partial charge >= 0.3 is 11.4 Å². The third kappa shape index (κ3) is 5.35. The Morgan fingerprint density at radius 2 is 2.03 bits per heavy atom. The number of hydrogen-bond donors (Lipinski definition) is 2. The van der Waals surface area contributed by atoms with Crippen molar-refractivity contribution >= 4 is 29.1 Å². The molecule has 0 spiro atoms. The van der Waals surface area contributed by atoms with Crippen LogP contribution in [0.15, 0.2) is 45.6 Å². The molecule has 32 heavy (non-hydrogen) atoms. The predicted molar refractivity (Wildman–Crippen MR) is 119 cm³/mol. The van der Waals surface area contributed by atoms with E-state index in [0.29, 0.717) is 18.1 Å². The van der Waals surface area contributed by atoms with Crippen LogP contribution in [-0.4, -0.2) is 40.2 Å². The topological polar surface area (TPSA) is 149 Å².